The van der Waals surface area contributed by atoms with E-state index in [-0.39, 0.29) is 24.3 Å². The van der Waals surface area contributed by atoms with E-state index in [0.29, 0.717) is 17.7 Å². The molecule has 148 valence electrons. The maximum Gasteiger partial charge on any atom is 0.306 e. The zero-order valence-corrected chi connectivity index (χ0v) is 16.0. The van der Waals surface area contributed by atoms with E-state index in [4.69, 9.17) is 4.74 Å². The van der Waals surface area contributed by atoms with Crippen LogP contribution in [0, 0.1) is 5.92 Å². The number of aromatic nitrogens is 1. The van der Waals surface area contributed by atoms with E-state index in [2.05, 4.69) is 4.98 Å². The van der Waals surface area contributed by atoms with Crippen molar-refractivity contribution in [3.05, 3.63) is 23.5 Å². The summed E-state index contributed by atoms with van der Waals surface area (Å²) in [7, 11) is 0. The molecule has 1 saturated carbocycles. The number of carbonyl (C=O) groups excluding carboxylic acids is 3. The van der Waals surface area contributed by atoms with Crippen molar-refractivity contribution in [3.8, 4) is 0 Å². The van der Waals surface area contributed by atoms with E-state index >= 15 is 0 Å². The summed E-state index contributed by atoms with van der Waals surface area (Å²) in [5, 5.41) is 0. The van der Waals surface area contributed by atoms with Crippen LogP contribution in [0.25, 0.3) is 0 Å². The van der Waals surface area contributed by atoms with E-state index in [0.717, 1.165) is 44.7 Å². The number of nitrogens with zero attached hydrogens (tertiary/aromatic N) is 1. The van der Waals surface area contributed by atoms with Crippen LogP contribution in [0.5, 0.6) is 0 Å². The monoisotopic (exact) mass is 374 g/mol. The lowest BCUT2D eigenvalue weighted by Crippen LogP contribution is -2.27. The molecule has 3 rings (SSSR count). The average Bonchev–Trinajstić information content (AvgIpc) is 3.38. The van der Waals surface area contributed by atoms with Gasteiger partial charge in [-0.25, -0.2) is 0 Å². The Kier molecular flexibility index (Phi) is 7.07. The van der Waals surface area contributed by atoms with Gasteiger partial charge in [0.25, 0.3) is 5.91 Å². The normalized spacial score (nSPS) is 17.9. The standard InChI is InChI=1S/C21H30N2O4/c24-19(15-27-20(25)10-6-9-16-7-2-1-3-8-16)17-13-18(22-14-17)21(26)23-11-4-5-12-23/h13-14,16,22H,1-12,15H2. The summed E-state index contributed by atoms with van der Waals surface area (Å²) < 4.78 is 5.12. The van der Waals surface area contributed by atoms with Gasteiger partial charge in [0.05, 0.1) is 0 Å². The van der Waals surface area contributed by atoms with Crippen molar-refractivity contribution in [2.24, 2.45) is 5.92 Å². The summed E-state index contributed by atoms with van der Waals surface area (Å²) in [6, 6.07) is 1.56. The molecule has 0 spiro atoms. The van der Waals surface area contributed by atoms with E-state index in [9.17, 15) is 14.4 Å². The highest BCUT2D eigenvalue weighted by atomic mass is 16.5. The van der Waals surface area contributed by atoms with Gasteiger partial charge in [0.1, 0.15) is 5.69 Å². The Morgan fingerprint density at radius 2 is 1.81 bits per heavy atom. The first kappa shape index (κ1) is 19.6. The van der Waals surface area contributed by atoms with Crippen molar-refractivity contribution in [1.29, 1.82) is 0 Å². The van der Waals surface area contributed by atoms with Crippen molar-refractivity contribution in [2.45, 2.75) is 64.2 Å². The number of hydrogen-bond acceptors (Lipinski definition) is 4. The van der Waals surface area contributed by atoms with Crippen LogP contribution in [-0.4, -0.2) is 47.2 Å². The summed E-state index contributed by atoms with van der Waals surface area (Å²) in [6.07, 6.45) is 12.3. The number of amides is 1. The third-order valence-electron chi connectivity index (χ3n) is 5.71. The molecule has 2 heterocycles. The van der Waals surface area contributed by atoms with Crippen LogP contribution >= 0.6 is 0 Å². The molecule has 0 atom stereocenters. The quantitative estimate of drug-likeness (QED) is 0.555. The molecule has 6 heteroatoms. The van der Waals surface area contributed by atoms with Gasteiger partial charge in [-0.05, 0) is 37.7 Å². The molecule has 0 unspecified atom stereocenters. The smallest absolute Gasteiger partial charge is 0.306 e. The molecule has 1 N–H and O–H groups in total. The molecule has 6 nitrogen and oxygen atoms in total. The number of H-pyrrole nitrogens is 1. The Morgan fingerprint density at radius 3 is 2.56 bits per heavy atom. The molecule has 1 aromatic heterocycles. The Balaban J connectivity index is 1.37. The minimum absolute atomic E-state index is 0.0775. The fourth-order valence-electron chi connectivity index (χ4n) is 4.08. The zero-order chi connectivity index (χ0) is 19.1. The van der Waals surface area contributed by atoms with Crippen LogP contribution in [-0.2, 0) is 9.53 Å². The van der Waals surface area contributed by atoms with E-state index in [1.54, 1.807) is 11.0 Å². The molecule has 2 aliphatic rings. The molecule has 0 radical (unpaired) electrons. The molecule has 1 aliphatic heterocycles. The first-order valence-electron chi connectivity index (χ1n) is 10.3. The fraction of sp³-hybridized carbons (Fsp3) is 0.667. The van der Waals surface area contributed by atoms with Crippen molar-refractivity contribution in [3.63, 3.8) is 0 Å². The SMILES string of the molecule is O=C(CCCC1CCCCC1)OCC(=O)c1c[nH]c(C(=O)N2CCCC2)c1. The number of ether oxygens (including phenoxy) is 1. The Hall–Kier alpha value is -2.11. The van der Waals surface area contributed by atoms with Gasteiger partial charge in [-0.1, -0.05) is 32.1 Å². The Labute approximate surface area is 160 Å². The van der Waals surface area contributed by atoms with E-state index in [1.165, 1.54) is 38.3 Å². The topological polar surface area (TPSA) is 79.5 Å². The van der Waals surface area contributed by atoms with Crippen molar-refractivity contribution >= 4 is 17.7 Å². The molecule has 1 aliphatic carbocycles. The summed E-state index contributed by atoms with van der Waals surface area (Å²) in [6.45, 7) is 1.26. The van der Waals surface area contributed by atoms with Gasteiger partial charge in [0.2, 0.25) is 5.78 Å². The van der Waals surface area contributed by atoms with Crippen LogP contribution < -0.4 is 0 Å². The third-order valence-corrected chi connectivity index (χ3v) is 5.71. The number of Topliss-reactive ketones (excluding diaryl/α,β-unsaturated/α-hetero) is 1. The predicted molar refractivity (Wildman–Crippen MR) is 102 cm³/mol. The molecule has 2 fully saturated rings. The van der Waals surface area contributed by atoms with Crippen LogP contribution in [0.3, 0.4) is 0 Å². The number of likely N-dealkylation sites (tertiary alicyclic amines) is 1. The fourth-order valence-corrected chi connectivity index (χ4v) is 4.08. The number of ketones is 1. The van der Waals surface area contributed by atoms with Gasteiger partial charge in [-0.15, -0.1) is 0 Å². The summed E-state index contributed by atoms with van der Waals surface area (Å²) >= 11 is 0. The van der Waals surface area contributed by atoms with Crippen molar-refractivity contribution < 1.29 is 19.1 Å². The van der Waals surface area contributed by atoms with Gasteiger partial charge in [0, 0.05) is 31.3 Å². The van der Waals surface area contributed by atoms with Crippen LogP contribution in [0.4, 0.5) is 0 Å². The lowest BCUT2D eigenvalue weighted by molar-refractivity contribution is -0.142. The number of carbonyl (C=O) groups is 3. The lowest BCUT2D eigenvalue weighted by Gasteiger charge is -2.20. The van der Waals surface area contributed by atoms with Crippen LogP contribution in [0.2, 0.25) is 0 Å². The maximum absolute atomic E-state index is 12.3. The Morgan fingerprint density at radius 1 is 1.07 bits per heavy atom. The second-order valence-electron chi connectivity index (χ2n) is 7.78. The third kappa shape index (κ3) is 5.68. The highest BCUT2D eigenvalue weighted by Crippen LogP contribution is 2.27. The number of nitrogens with one attached hydrogen (secondary N) is 1. The van der Waals surface area contributed by atoms with Gasteiger partial charge in [-0.3, -0.25) is 14.4 Å². The molecular weight excluding hydrogens is 344 g/mol. The number of hydrogen-bond donors (Lipinski definition) is 1. The molecule has 27 heavy (non-hydrogen) atoms. The first-order valence-corrected chi connectivity index (χ1v) is 10.3. The summed E-state index contributed by atoms with van der Waals surface area (Å²) in [5.41, 5.74) is 0.798. The van der Waals surface area contributed by atoms with Crippen LogP contribution in [0.1, 0.15) is 85.1 Å². The summed E-state index contributed by atoms with van der Waals surface area (Å²) in [5.74, 6) is 0.0706. The van der Waals surface area contributed by atoms with Crippen LogP contribution in [0.15, 0.2) is 12.3 Å². The van der Waals surface area contributed by atoms with E-state index < -0.39 is 0 Å². The molecule has 0 aromatic carbocycles. The highest BCUT2D eigenvalue weighted by Gasteiger charge is 2.22. The number of esters is 1. The minimum atomic E-state index is -0.317. The Bertz CT molecular complexity index is 655. The number of aromatic amines is 1. The van der Waals surface area contributed by atoms with Gasteiger partial charge in [0.15, 0.2) is 6.61 Å². The highest BCUT2D eigenvalue weighted by molar-refractivity contribution is 6.01. The van der Waals surface area contributed by atoms with Gasteiger partial charge in [-0.2, -0.15) is 0 Å². The van der Waals surface area contributed by atoms with E-state index in [1.807, 2.05) is 0 Å². The average molecular weight is 374 g/mol. The summed E-state index contributed by atoms with van der Waals surface area (Å²) in [4.78, 5) is 41.0. The molecule has 1 aromatic rings. The van der Waals surface area contributed by atoms with Crippen molar-refractivity contribution in [2.75, 3.05) is 19.7 Å². The number of rotatable bonds is 8. The minimum Gasteiger partial charge on any atom is -0.457 e. The second-order valence-corrected chi connectivity index (χ2v) is 7.78. The lowest BCUT2D eigenvalue weighted by atomic mass is 9.86. The molecule has 1 amide bonds. The maximum atomic E-state index is 12.3. The predicted octanol–water partition coefficient (Wildman–Crippen LogP) is 3.73. The molecule has 0 bridgehead atoms. The molecule has 1 saturated heterocycles. The van der Waals surface area contributed by atoms with Gasteiger partial charge < -0.3 is 14.6 Å². The first-order chi connectivity index (χ1) is 13.1. The molecular formula is C21H30N2O4. The zero-order valence-electron chi connectivity index (χ0n) is 16.0. The second kappa shape index (κ2) is 9.72. The van der Waals surface area contributed by atoms with Gasteiger partial charge >= 0.3 is 5.97 Å². The largest absolute Gasteiger partial charge is 0.457 e. The van der Waals surface area contributed by atoms with Crippen molar-refractivity contribution in [1.82, 2.24) is 9.88 Å².